The van der Waals surface area contributed by atoms with E-state index in [9.17, 15) is 9.59 Å². The lowest BCUT2D eigenvalue weighted by Gasteiger charge is -2.29. The number of nitrogens with zero attached hydrogens (tertiary/aromatic N) is 2. The Hall–Kier alpha value is -2.79. The van der Waals surface area contributed by atoms with Crippen LogP contribution < -0.4 is 4.74 Å². The number of methoxy groups -OCH3 is 1. The molecular formula is C19H18N2O3. The second-order valence-corrected chi connectivity index (χ2v) is 5.80. The third kappa shape index (κ3) is 2.74. The number of ether oxygens (including phenoxy) is 1. The first-order valence-corrected chi connectivity index (χ1v) is 7.60. The molecule has 1 aliphatic carbocycles. The van der Waals surface area contributed by atoms with E-state index in [1.165, 1.54) is 0 Å². The van der Waals surface area contributed by atoms with Crippen LogP contribution in [0.25, 0.3) is 0 Å². The van der Waals surface area contributed by atoms with Gasteiger partial charge in [0, 0.05) is 17.2 Å². The minimum absolute atomic E-state index is 0.114. The van der Waals surface area contributed by atoms with Crippen molar-refractivity contribution in [3.63, 3.8) is 0 Å². The van der Waals surface area contributed by atoms with Crippen LogP contribution in [0.5, 0.6) is 5.75 Å². The largest absolute Gasteiger partial charge is 0.497 e. The van der Waals surface area contributed by atoms with Gasteiger partial charge >= 0.3 is 0 Å². The molecule has 5 nitrogen and oxygen atoms in total. The second-order valence-electron chi connectivity index (χ2n) is 5.80. The summed E-state index contributed by atoms with van der Waals surface area (Å²) >= 11 is 0. The Morgan fingerprint density at radius 2 is 1.71 bits per heavy atom. The first-order chi connectivity index (χ1) is 11.5. The molecule has 2 aromatic carbocycles. The normalized spacial score (nSPS) is 18.8. The van der Waals surface area contributed by atoms with Crippen molar-refractivity contribution >= 4 is 23.0 Å². The van der Waals surface area contributed by atoms with Gasteiger partial charge in [0.15, 0.2) is 5.78 Å². The highest BCUT2D eigenvalue weighted by atomic mass is 16.5. The lowest BCUT2D eigenvalue weighted by Crippen LogP contribution is -2.49. The summed E-state index contributed by atoms with van der Waals surface area (Å²) in [5.74, 6) is 0.316. The Morgan fingerprint density at radius 1 is 1.00 bits per heavy atom. The lowest BCUT2D eigenvalue weighted by molar-refractivity contribution is 0.0890. The molecule has 0 saturated carbocycles. The van der Waals surface area contributed by atoms with Crippen molar-refractivity contribution in [1.29, 1.82) is 0 Å². The number of likely N-dealkylation sites (N-methyl/N-ethyl adjacent to an activating group) is 1. The van der Waals surface area contributed by atoms with Gasteiger partial charge in [-0.15, -0.1) is 0 Å². The molecule has 0 spiro atoms. The second kappa shape index (κ2) is 6.37. The van der Waals surface area contributed by atoms with E-state index in [4.69, 9.17) is 4.74 Å². The molecule has 1 aliphatic rings. The predicted molar refractivity (Wildman–Crippen MR) is 92.7 cm³/mol. The summed E-state index contributed by atoms with van der Waals surface area (Å²) in [6, 6.07) is 13.3. The Balaban J connectivity index is 2.15. The van der Waals surface area contributed by atoms with Crippen molar-refractivity contribution in [2.45, 2.75) is 6.04 Å². The summed E-state index contributed by atoms with van der Waals surface area (Å²) in [4.78, 5) is 31.9. The van der Waals surface area contributed by atoms with Gasteiger partial charge in [0.05, 0.1) is 12.8 Å². The molecule has 0 aliphatic heterocycles. The van der Waals surface area contributed by atoms with Crippen molar-refractivity contribution in [1.82, 2.24) is 4.90 Å². The van der Waals surface area contributed by atoms with E-state index in [1.54, 1.807) is 74.6 Å². The topological polar surface area (TPSA) is 59.0 Å². The number of Topliss-reactive ketones (excluding diaryl/α,β-unsaturated/α-hetero) is 2. The SMILES string of the molecule is COc1cccc(N=C2C(=O)c3ccccc3C(=O)C2N(C)C)c1. The number of ketones is 2. The molecule has 0 N–H and O–H groups in total. The molecule has 2 aromatic rings. The third-order valence-corrected chi connectivity index (χ3v) is 4.00. The Kier molecular flexibility index (Phi) is 4.27. The van der Waals surface area contributed by atoms with E-state index in [0.717, 1.165) is 0 Å². The molecule has 1 unspecified atom stereocenters. The van der Waals surface area contributed by atoms with Gasteiger partial charge in [-0.1, -0.05) is 30.3 Å². The van der Waals surface area contributed by atoms with Crippen molar-refractivity contribution in [2.24, 2.45) is 4.99 Å². The number of carbonyl (C=O) groups is 2. The minimum Gasteiger partial charge on any atom is -0.497 e. The lowest BCUT2D eigenvalue weighted by atomic mass is 9.84. The molecule has 0 amide bonds. The van der Waals surface area contributed by atoms with Gasteiger partial charge in [0.2, 0.25) is 5.78 Å². The van der Waals surface area contributed by atoms with Crippen LogP contribution in [0.4, 0.5) is 5.69 Å². The quantitative estimate of drug-likeness (QED) is 0.872. The summed E-state index contributed by atoms with van der Waals surface area (Å²) < 4.78 is 5.19. The van der Waals surface area contributed by atoms with Crippen molar-refractivity contribution in [3.8, 4) is 5.75 Å². The van der Waals surface area contributed by atoms with Crippen LogP contribution in [-0.2, 0) is 0 Å². The van der Waals surface area contributed by atoms with E-state index in [-0.39, 0.29) is 17.3 Å². The third-order valence-electron chi connectivity index (χ3n) is 4.00. The number of hydrogen-bond acceptors (Lipinski definition) is 5. The van der Waals surface area contributed by atoms with Crippen LogP contribution in [0, 0.1) is 0 Å². The van der Waals surface area contributed by atoms with Crippen LogP contribution >= 0.6 is 0 Å². The van der Waals surface area contributed by atoms with Gasteiger partial charge in [0.1, 0.15) is 17.5 Å². The molecule has 0 heterocycles. The average molecular weight is 322 g/mol. The molecule has 122 valence electrons. The number of aliphatic imine (C=N–C) groups is 1. The maximum absolute atomic E-state index is 12.9. The van der Waals surface area contributed by atoms with Crippen LogP contribution in [0.1, 0.15) is 20.7 Å². The predicted octanol–water partition coefficient (Wildman–Crippen LogP) is 2.78. The summed E-state index contributed by atoms with van der Waals surface area (Å²) in [5.41, 5.74) is 1.67. The summed E-state index contributed by atoms with van der Waals surface area (Å²) in [7, 11) is 5.11. The van der Waals surface area contributed by atoms with Crippen LogP contribution in [0.2, 0.25) is 0 Å². The minimum atomic E-state index is -0.696. The number of benzene rings is 2. The maximum atomic E-state index is 12.9. The van der Waals surface area contributed by atoms with E-state index >= 15 is 0 Å². The highest BCUT2D eigenvalue weighted by Gasteiger charge is 2.39. The molecule has 0 radical (unpaired) electrons. The van der Waals surface area contributed by atoms with Crippen molar-refractivity contribution < 1.29 is 14.3 Å². The molecule has 0 fully saturated rings. The smallest absolute Gasteiger partial charge is 0.210 e. The fourth-order valence-corrected chi connectivity index (χ4v) is 2.84. The fourth-order valence-electron chi connectivity index (χ4n) is 2.84. The fraction of sp³-hybridized carbons (Fsp3) is 0.211. The van der Waals surface area contributed by atoms with Crippen LogP contribution in [0.3, 0.4) is 0 Å². The monoisotopic (exact) mass is 322 g/mol. The van der Waals surface area contributed by atoms with Gasteiger partial charge in [-0.25, -0.2) is 4.99 Å². The van der Waals surface area contributed by atoms with Gasteiger partial charge in [-0.2, -0.15) is 0 Å². The van der Waals surface area contributed by atoms with Gasteiger partial charge in [-0.3, -0.25) is 14.5 Å². The first kappa shape index (κ1) is 16.1. The Bertz CT molecular complexity index is 840. The van der Waals surface area contributed by atoms with Gasteiger partial charge in [0.25, 0.3) is 0 Å². The number of rotatable bonds is 3. The number of carbonyl (C=O) groups excluding carboxylic acids is 2. The van der Waals surface area contributed by atoms with E-state index < -0.39 is 6.04 Å². The van der Waals surface area contributed by atoms with Crippen LogP contribution in [-0.4, -0.2) is 49.4 Å². The molecule has 3 rings (SSSR count). The molecular weight excluding hydrogens is 304 g/mol. The highest BCUT2D eigenvalue weighted by molar-refractivity contribution is 6.55. The first-order valence-electron chi connectivity index (χ1n) is 7.60. The summed E-state index contributed by atoms with van der Waals surface area (Å²) in [6.45, 7) is 0. The average Bonchev–Trinajstić information content (AvgIpc) is 2.59. The van der Waals surface area contributed by atoms with E-state index in [1.807, 2.05) is 0 Å². The maximum Gasteiger partial charge on any atom is 0.210 e. The molecule has 0 bridgehead atoms. The molecule has 0 aromatic heterocycles. The number of fused-ring (bicyclic) bond motifs is 1. The Morgan fingerprint density at radius 3 is 2.38 bits per heavy atom. The molecule has 1 atom stereocenters. The van der Waals surface area contributed by atoms with Crippen molar-refractivity contribution in [2.75, 3.05) is 21.2 Å². The summed E-state index contributed by atoms with van der Waals surface area (Å²) in [5, 5.41) is 0. The van der Waals surface area contributed by atoms with Gasteiger partial charge < -0.3 is 4.74 Å². The Labute approximate surface area is 140 Å². The van der Waals surface area contributed by atoms with E-state index in [0.29, 0.717) is 22.6 Å². The zero-order chi connectivity index (χ0) is 17.3. The van der Waals surface area contributed by atoms with Crippen LogP contribution in [0.15, 0.2) is 53.5 Å². The highest BCUT2D eigenvalue weighted by Crippen LogP contribution is 2.26. The molecule has 24 heavy (non-hydrogen) atoms. The van der Waals surface area contributed by atoms with E-state index in [2.05, 4.69) is 4.99 Å². The van der Waals surface area contributed by atoms with Crippen molar-refractivity contribution in [3.05, 3.63) is 59.7 Å². The van der Waals surface area contributed by atoms with Gasteiger partial charge in [-0.05, 0) is 26.2 Å². The number of hydrogen-bond donors (Lipinski definition) is 0. The molecule has 0 saturated heterocycles. The zero-order valence-corrected chi connectivity index (χ0v) is 13.8. The standard InChI is InChI=1S/C19H18N2O3/c1-21(2)17-16(20-12-7-6-8-13(11-12)24-3)18(22)14-9-4-5-10-15(14)19(17)23/h4-11,17H,1-3H3. The molecule has 5 heteroatoms. The summed E-state index contributed by atoms with van der Waals surface area (Å²) in [6.07, 6.45) is 0. The zero-order valence-electron chi connectivity index (χ0n) is 13.8.